The second-order valence-electron chi connectivity index (χ2n) is 12.3. The number of benzene rings is 4. The Bertz CT molecular complexity index is 1800. The number of fused-ring (bicyclic) bond motifs is 3. The van der Waals surface area contributed by atoms with E-state index in [2.05, 4.69) is 4.90 Å². The summed E-state index contributed by atoms with van der Waals surface area (Å²) < 4.78 is 11.3. The molecule has 7 nitrogen and oxygen atoms in total. The number of carbonyl (C=O) groups excluding carboxylic acids is 3. The number of β-lactam (4-membered cyclic amide) rings is 1. The van der Waals surface area contributed by atoms with E-state index in [0.717, 1.165) is 40.4 Å². The number of hydrogen-bond acceptors (Lipinski definition) is 6. The van der Waals surface area contributed by atoms with Crippen molar-refractivity contribution in [1.29, 1.82) is 0 Å². The standard InChI is InChI=1S/C37H34N2O5/c1-3-44-36(42)32-31(33-30(23-10-5-4-6-11-23)35(41)39(33)24-17-19-25(43-2)20-18-24)28-16-9-21-38(28)37(32)27-15-8-13-22-12-7-14-26(29(22)27)34(37)40/h4-8,10-15,17-20,28,30-33H,3,9,16,21H2,1-2H3/t28?,30-,31+,32+,33-,37+/m1/s1. The Kier molecular flexibility index (Phi) is 6.17. The molecule has 0 bridgehead atoms. The lowest BCUT2D eigenvalue weighted by atomic mass is 9.64. The molecule has 0 N–H and O–H groups in total. The van der Waals surface area contributed by atoms with E-state index in [1.54, 1.807) is 7.11 Å². The van der Waals surface area contributed by atoms with Crippen LogP contribution in [0.5, 0.6) is 5.75 Å². The Labute approximate surface area is 256 Å². The quantitative estimate of drug-likeness (QED) is 0.213. The summed E-state index contributed by atoms with van der Waals surface area (Å²) in [6.07, 6.45) is 1.75. The van der Waals surface area contributed by atoms with Crippen molar-refractivity contribution in [2.24, 2.45) is 11.8 Å². The summed E-state index contributed by atoms with van der Waals surface area (Å²) in [5.41, 5.74) is 2.04. The molecule has 3 fully saturated rings. The summed E-state index contributed by atoms with van der Waals surface area (Å²) in [6.45, 7) is 2.72. The first kappa shape index (κ1) is 27.1. The van der Waals surface area contributed by atoms with Gasteiger partial charge in [0.15, 0.2) is 5.78 Å². The van der Waals surface area contributed by atoms with Crippen LogP contribution in [0.2, 0.25) is 0 Å². The number of esters is 1. The van der Waals surface area contributed by atoms with Crippen molar-refractivity contribution < 1.29 is 23.9 Å². The highest BCUT2D eigenvalue weighted by molar-refractivity contribution is 6.21. The SMILES string of the molecule is CCOC(=O)[C@@H]1[C@@H]([C@H]2[C@@H](c3ccccc3)C(=O)N2c2ccc(OC)cc2)C2CCCN2[C@]12C(=O)c1cccc3cccc2c13. The van der Waals surface area contributed by atoms with Gasteiger partial charge in [-0.3, -0.25) is 19.3 Å². The molecule has 6 atom stereocenters. The summed E-state index contributed by atoms with van der Waals surface area (Å²) in [4.78, 5) is 47.7. The molecule has 1 spiro atoms. The maximum Gasteiger partial charge on any atom is 0.312 e. The molecule has 3 aliphatic heterocycles. The molecule has 3 saturated heterocycles. The molecule has 8 rings (SSSR count). The average Bonchev–Trinajstić information content (AvgIpc) is 3.71. The number of hydrogen-bond donors (Lipinski definition) is 0. The highest BCUT2D eigenvalue weighted by Crippen LogP contribution is 2.63. The predicted octanol–water partition coefficient (Wildman–Crippen LogP) is 5.71. The number of methoxy groups -OCH3 is 1. The van der Waals surface area contributed by atoms with E-state index in [-0.39, 0.29) is 42.3 Å². The lowest BCUT2D eigenvalue weighted by Crippen LogP contribution is -2.65. The molecular weight excluding hydrogens is 552 g/mol. The zero-order valence-electron chi connectivity index (χ0n) is 24.8. The Morgan fingerprint density at radius 3 is 2.41 bits per heavy atom. The zero-order valence-corrected chi connectivity index (χ0v) is 24.8. The topological polar surface area (TPSA) is 76.2 Å². The minimum absolute atomic E-state index is 0.0115. The molecular formula is C37H34N2O5. The van der Waals surface area contributed by atoms with Crippen molar-refractivity contribution >= 4 is 34.1 Å². The Morgan fingerprint density at radius 2 is 1.68 bits per heavy atom. The molecule has 44 heavy (non-hydrogen) atoms. The first-order chi connectivity index (χ1) is 21.5. The monoisotopic (exact) mass is 586 g/mol. The molecule has 4 aromatic rings. The van der Waals surface area contributed by atoms with Gasteiger partial charge in [-0.1, -0.05) is 66.7 Å². The van der Waals surface area contributed by atoms with Crippen LogP contribution in [-0.2, 0) is 19.9 Å². The van der Waals surface area contributed by atoms with Gasteiger partial charge in [-0.2, -0.15) is 0 Å². The third-order valence-electron chi connectivity index (χ3n) is 10.5. The van der Waals surface area contributed by atoms with Crippen molar-refractivity contribution in [3.63, 3.8) is 0 Å². The van der Waals surface area contributed by atoms with Crippen LogP contribution in [0.15, 0.2) is 91.0 Å². The maximum atomic E-state index is 14.9. The highest BCUT2D eigenvalue weighted by atomic mass is 16.5. The molecule has 1 aliphatic carbocycles. The molecule has 4 aliphatic rings. The van der Waals surface area contributed by atoms with Gasteiger partial charge in [0.2, 0.25) is 5.91 Å². The zero-order chi connectivity index (χ0) is 30.2. The smallest absolute Gasteiger partial charge is 0.312 e. The number of rotatable bonds is 6. The molecule has 3 heterocycles. The Balaban J connectivity index is 1.35. The van der Waals surface area contributed by atoms with E-state index in [1.807, 2.05) is 103 Å². The molecule has 0 saturated carbocycles. The number of Topliss-reactive ketones (excluding diaryl/α,β-unsaturated/α-hetero) is 1. The molecule has 0 aromatic heterocycles. The van der Waals surface area contributed by atoms with Crippen molar-refractivity contribution in [1.82, 2.24) is 4.90 Å². The van der Waals surface area contributed by atoms with Gasteiger partial charge in [0.25, 0.3) is 0 Å². The van der Waals surface area contributed by atoms with Crippen LogP contribution in [0.3, 0.4) is 0 Å². The van der Waals surface area contributed by atoms with Crippen LogP contribution < -0.4 is 9.64 Å². The van der Waals surface area contributed by atoms with E-state index < -0.39 is 17.4 Å². The molecule has 7 heteroatoms. The average molecular weight is 587 g/mol. The first-order valence-electron chi connectivity index (χ1n) is 15.5. The lowest BCUT2D eigenvalue weighted by molar-refractivity contribution is -0.153. The third kappa shape index (κ3) is 3.44. The summed E-state index contributed by atoms with van der Waals surface area (Å²) in [6, 6.07) is 28.8. The number of carbonyl (C=O) groups is 3. The molecule has 1 amide bonds. The van der Waals surface area contributed by atoms with E-state index in [4.69, 9.17) is 9.47 Å². The Hall–Kier alpha value is -4.49. The Morgan fingerprint density at radius 1 is 0.932 bits per heavy atom. The fraction of sp³-hybridized carbons (Fsp3) is 0.324. The third-order valence-corrected chi connectivity index (χ3v) is 10.5. The second kappa shape index (κ2) is 10.0. The van der Waals surface area contributed by atoms with E-state index in [0.29, 0.717) is 17.9 Å². The molecule has 0 radical (unpaired) electrons. The van der Waals surface area contributed by atoms with Crippen LogP contribution in [0.4, 0.5) is 5.69 Å². The summed E-state index contributed by atoms with van der Waals surface area (Å²) in [7, 11) is 1.62. The van der Waals surface area contributed by atoms with Crippen LogP contribution in [0.25, 0.3) is 10.8 Å². The van der Waals surface area contributed by atoms with Crippen molar-refractivity contribution in [2.75, 3.05) is 25.2 Å². The van der Waals surface area contributed by atoms with Crippen LogP contribution in [0, 0.1) is 11.8 Å². The van der Waals surface area contributed by atoms with E-state index in [9.17, 15) is 14.4 Å². The summed E-state index contributed by atoms with van der Waals surface area (Å²) in [5, 5.41) is 1.92. The fourth-order valence-electron chi connectivity index (χ4n) is 9.01. The minimum Gasteiger partial charge on any atom is -0.497 e. The van der Waals surface area contributed by atoms with Gasteiger partial charge < -0.3 is 14.4 Å². The van der Waals surface area contributed by atoms with Crippen molar-refractivity contribution in [2.45, 2.75) is 43.3 Å². The lowest BCUT2D eigenvalue weighted by Gasteiger charge is -2.52. The number of nitrogens with zero attached hydrogens (tertiary/aromatic N) is 2. The maximum absolute atomic E-state index is 14.9. The highest BCUT2D eigenvalue weighted by Gasteiger charge is 2.73. The van der Waals surface area contributed by atoms with Gasteiger partial charge in [-0.25, -0.2) is 0 Å². The number of ketones is 1. The predicted molar refractivity (Wildman–Crippen MR) is 167 cm³/mol. The molecule has 1 unspecified atom stereocenters. The second-order valence-corrected chi connectivity index (χ2v) is 12.3. The van der Waals surface area contributed by atoms with Gasteiger partial charge in [0.1, 0.15) is 11.3 Å². The van der Waals surface area contributed by atoms with Gasteiger partial charge in [0, 0.05) is 23.2 Å². The normalized spacial score (nSPS) is 28.9. The van der Waals surface area contributed by atoms with Crippen LogP contribution in [-0.4, -0.2) is 54.9 Å². The number of amides is 1. The van der Waals surface area contributed by atoms with E-state index >= 15 is 0 Å². The van der Waals surface area contributed by atoms with Gasteiger partial charge in [-0.15, -0.1) is 0 Å². The summed E-state index contributed by atoms with van der Waals surface area (Å²) in [5.74, 6) is -1.29. The minimum atomic E-state index is -1.19. The van der Waals surface area contributed by atoms with Crippen LogP contribution >= 0.6 is 0 Å². The number of ether oxygens (including phenoxy) is 2. The van der Waals surface area contributed by atoms with Gasteiger partial charge in [-0.05, 0) is 72.5 Å². The van der Waals surface area contributed by atoms with Crippen molar-refractivity contribution in [3.8, 4) is 5.75 Å². The van der Waals surface area contributed by atoms with Crippen LogP contribution in [0.1, 0.15) is 47.2 Å². The molecule has 222 valence electrons. The van der Waals surface area contributed by atoms with Gasteiger partial charge in [0.05, 0.1) is 31.6 Å². The van der Waals surface area contributed by atoms with Gasteiger partial charge >= 0.3 is 5.97 Å². The first-order valence-corrected chi connectivity index (χ1v) is 15.5. The number of anilines is 1. The molecule has 4 aromatic carbocycles. The van der Waals surface area contributed by atoms with E-state index in [1.165, 1.54) is 0 Å². The largest absolute Gasteiger partial charge is 0.497 e. The van der Waals surface area contributed by atoms with Crippen molar-refractivity contribution in [3.05, 3.63) is 108 Å². The fourth-order valence-corrected chi connectivity index (χ4v) is 9.01. The summed E-state index contributed by atoms with van der Waals surface area (Å²) >= 11 is 0.